The maximum absolute atomic E-state index is 12.9. The number of ether oxygens (including phenoxy) is 4. The molecule has 0 spiro atoms. The monoisotopic (exact) mass is 917 g/mol. The number of unbranched alkanes of at least 4 members (excludes halogenated alkanes) is 34. The van der Waals surface area contributed by atoms with Crippen molar-refractivity contribution in [3.63, 3.8) is 0 Å². The lowest BCUT2D eigenvalue weighted by Gasteiger charge is -2.20. The average Bonchev–Trinajstić information content (AvgIpc) is 3.74. The third-order valence-electron chi connectivity index (χ3n) is 12.4. The fourth-order valence-corrected chi connectivity index (χ4v) is 9.09. The van der Waals surface area contributed by atoms with Gasteiger partial charge >= 0.3 is 19.8 Å². The molecule has 1 heterocycles. The molecule has 0 bridgehead atoms. The van der Waals surface area contributed by atoms with Gasteiger partial charge in [0.15, 0.2) is 12.4 Å². The van der Waals surface area contributed by atoms with E-state index in [4.69, 9.17) is 28.0 Å². The quantitative estimate of drug-likeness (QED) is 0.0358. The average molecular weight is 917 g/mol. The molecule has 63 heavy (non-hydrogen) atoms. The van der Waals surface area contributed by atoms with E-state index in [-0.39, 0.29) is 44.9 Å². The van der Waals surface area contributed by atoms with Crippen LogP contribution >= 0.6 is 7.82 Å². The summed E-state index contributed by atoms with van der Waals surface area (Å²) in [6.07, 6.45) is 45.1. The Bertz CT molecular complexity index is 1060. The Labute approximate surface area is 388 Å². The van der Waals surface area contributed by atoms with Gasteiger partial charge in [0.2, 0.25) is 0 Å². The van der Waals surface area contributed by atoms with E-state index in [1.807, 2.05) is 0 Å². The Balaban J connectivity index is 2.34. The number of hydrogen-bond donors (Lipinski definition) is 1. The second-order valence-electron chi connectivity index (χ2n) is 18.7. The Morgan fingerprint density at radius 2 is 0.873 bits per heavy atom. The van der Waals surface area contributed by atoms with Crippen molar-refractivity contribution in [2.75, 3.05) is 26.4 Å². The van der Waals surface area contributed by atoms with Crippen LogP contribution in [0.25, 0.3) is 0 Å². The predicted octanol–water partition coefficient (Wildman–Crippen LogP) is 16.0. The molecule has 10 nitrogen and oxygen atoms in total. The molecule has 1 rings (SSSR count). The van der Waals surface area contributed by atoms with Crippen LogP contribution in [0, 0.1) is 0 Å². The van der Waals surface area contributed by atoms with Gasteiger partial charge in [0.1, 0.15) is 12.7 Å². The number of phosphoric ester groups is 1. The summed E-state index contributed by atoms with van der Waals surface area (Å²) < 4.78 is 46.2. The van der Waals surface area contributed by atoms with Gasteiger partial charge < -0.3 is 23.8 Å². The van der Waals surface area contributed by atoms with E-state index in [1.54, 1.807) is 0 Å². The van der Waals surface area contributed by atoms with Gasteiger partial charge in [-0.25, -0.2) is 4.57 Å². The smallest absolute Gasteiger partial charge is 0.462 e. The minimum absolute atomic E-state index is 0.166. The van der Waals surface area contributed by atoms with Crippen molar-refractivity contribution in [2.24, 2.45) is 0 Å². The fourth-order valence-electron chi connectivity index (χ4n) is 8.31. The Hall–Kier alpha value is -1.03. The summed E-state index contributed by atoms with van der Waals surface area (Å²) in [5.41, 5.74) is 0. The number of hydrogen-bond acceptors (Lipinski definition) is 9. The number of rotatable bonds is 49. The Morgan fingerprint density at radius 3 is 1.29 bits per heavy atom. The van der Waals surface area contributed by atoms with Gasteiger partial charge in [-0.2, -0.15) is 0 Å². The normalized spacial score (nSPS) is 16.6. The van der Waals surface area contributed by atoms with Crippen molar-refractivity contribution < 1.29 is 47.0 Å². The molecule has 0 aromatic rings. The third-order valence-corrected chi connectivity index (χ3v) is 13.4. The van der Waals surface area contributed by atoms with E-state index in [9.17, 15) is 19.0 Å². The molecular weight excluding hydrogens is 816 g/mol. The van der Waals surface area contributed by atoms with Gasteiger partial charge in [-0.15, -0.1) is 0 Å². The van der Waals surface area contributed by atoms with E-state index < -0.39 is 32.6 Å². The van der Waals surface area contributed by atoms with E-state index in [1.165, 1.54) is 186 Å². The van der Waals surface area contributed by atoms with Crippen LogP contribution in [0.2, 0.25) is 0 Å². The zero-order valence-corrected chi connectivity index (χ0v) is 42.3. The van der Waals surface area contributed by atoms with Gasteiger partial charge in [-0.3, -0.25) is 18.6 Å². The minimum Gasteiger partial charge on any atom is -0.462 e. The maximum Gasteiger partial charge on any atom is 0.472 e. The molecule has 0 saturated carbocycles. The molecule has 11 heteroatoms. The Morgan fingerprint density at radius 1 is 0.508 bits per heavy atom. The number of carbonyl (C=O) groups excluding carboxylic acids is 2. The highest BCUT2D eigenvalue weighted by molar-refractivity contribution is 7.47. The molecular formula is C52H101O10P. The van der Waals surface area contributed by atoms with Crippen molar-refractivity contribution in [3.05, 3.63) is 0 Å². The van der Waals surface area contributed by atoms with Crippen LogP contribution < -0.4 is 0 Å². The van der Waals surface area contributed by atoms with Crippen LogP contribution in [0.4, 0.5) is 0 Å². The van der Waals surface area contributed by atoms with Gasteiger partial charge in [-0.1, -0.05) is 239 Å². The van der Waals surface area contributed by atoms with Crippen LogP contribution in [0.5, 0.6) is 0 Å². The number of phosphoric acid groups is 1. The van der Waals surface area contributed by atoms with Gasteiger partial charge in [0.25, 0.3) is 0 Å². The zero-order valence-electron chi connectivity index (χ0n) is 41.4. The van der Waals surface area contributed by atoms with Gasteiger partial charge in [0.05, 0.1) is 19.8 Å². The van der Waals surface area contributed by atoms with Crippen molar-refractivity contribution in [1.82, 2.24) is 0 Å². The third kappa shape index (κ3) is 40.9. The van der Waals surface area contributed by atoms with Crippen molar-refractivity contribution >= 4 is 19.8 Å². The summed E-state index contributed by atoms with van der Waals surface area (Å²) in [6.45, 7) is 6.17. The zero-order chi connectivity index (χ0) is 45.7. The minimum atomic E-state index is -4.52. The molecule has 1 fully saturated rings. The topological polar surface area (TPSA) is 127 Å². The van der Waals surface area contributed by atoms with E-state index in [0.717, 1.165) is 51.4 Å². The lowest BCUT2D eigenvalue weighted by atomic mass is 10.0. The highest BCUT2D eigenvalue weighted by atomic mass is 31.2. The van der Waals surface area contributed by atoms with Crippen LogP contribution in [0.1, 0.15) is 278 Å². The highest BCUT2D eigenvalue weighted by Crippen LogP contribution is 2.44. The lowest BCUT2D eigenvalue weighted by Crippen LogP contribution is -2.29. The molecule has 1 N–H and O–H groups in total. The van der Waals surface area contributed by atoms with Crippen LogP contribution in [0.3, 0.4) is 0 Å². The lowest BCUT2D eigenvalue weighted by molar-refractivity contribution is -0.161. The maximum atomic E-state index is 12.9. The van der Waals surface area contributed by atoms with E-state index in [2.05, 4.69) is 20.8 Å². The second-order valence-corrected chi connectivity index (χ2v) is 20.1. The first-order chi connectivity index (χ1) is 30.8. The molecule has 0 aromatic heterocycles. The van der Waals surface area contributed by atoms with Crippen molar-refractivity contribution in [3.8, 4) is 0 Å². The summed E-state index contributed by atoms with van der Waals surface area (Å²) in [5, 5.41) is 0. The summed E-state index contributed by atoms with van der Waals surface area (Å²) in [5.74, 6) is -0.815. The van der Waals surface area contributed by atoms with Crippen molar-refractivity contribution in [1.29, 1.82) is 0 Å². The molecule has 0 amide bonds. The van der Waals surface area contributed by atoms with E-state index in [0.29, 0.717) is 6.42 Å². The SMILES string of the molecule is CCCCCCCCCCCCCCCCCC1OCC(COP(=O)(O)OC[C@@H](COC(=O)CCCCCCCCCCCCC)OC(=O)CCCCCCCCCCCCC)O1. The first-order valence-electron chi connectivity index (χ1n) is 27.0. The molecule has 0 aliphatic carbocycles. The summed E-state index contributed by atoms with van der Waals surface area (Å²) in [6, 6.07) is 0. The molecule has 1 aliphatic heterocycles. The summed E-state index contributed by atoms with van der Waals surface area (Å²) >= 11 is 0. The first kappa shape index (κ1) is 60.0. The second kappa shape index (κ2) is 44.8. The van der Waals surface area contributed by atoms with E-state index >= 15 is 0 Å². The predicted molar refractivity (Wildman–Crippen MR) is 259 cm³/mol. The fraction of sp³-hybridized carbons (Fsp3) is 0.962. The standard InChI is InChI=1S/C52H101O10P/c1-4-7-10-13-16-19-22-23-24-25-28-31-34-37-40-43-52-58-45-49(62-52)47-60-63(55,56)59-46-48(61-51(54)42-39-36-33-30-27-21-18-15-12-9-6-3)44-57-50(53)41-38-35-32-29-26-20-17-14-11-8-5-2/h48-49,52H,4-47H2,1-3H3,(H,55,56)/t48-,49?,52?/m1/s1. The van der Waals surface area contributed by atoms with Crippen LogP contribution in [0.15, 0.2) is 0 Å². The van der Waals surface area contributed by atoms with Crippen LogP contribution in [-0.4, -0.2) is 61.8 Å². The van der Waals surface area contributed by atoms with Gasteiger partial charge in [-0.05, 0) is 25.7 Å². The molecule has 3 unspecified atom stereocenters. The largest absolute Gasteiger partial charge is 0.472 e. The molecule has 0 aromatic carbocycles. The molecule has 4 atom stereocenters. The summed E-state index contributed by atoms with van der Waals surface area (Å²) in [4.78, 5) is 35.9. The van der Waals surface area contributed by atoms with Crippen LogP contribution in [-0.2, 0) is 42.1 Å². The molecule has 1 aliphatic rings. The Kier molecular flexibility index (Phi) is 42.6. The number of esters is 2. The van der Waals surface area contributed by atoms with Gasteiger partial charge in [0, 0.05) is 12.8 Å². The first-order valence-corrected chi connectivity index (χ1v) is 28.5. The highest BCUT2D eigenvalue weighted by Gasteiger charge is 2.31. The van der Waals surface area contributed by atoms with Crippen molar-refractivity contribution in [2.45, 2.75) is 296 Å². The summed E-state index contributed by atoms with van der Waals surface area (Å²) in [7, 11) is -4.52. The molecule has 1 saturated heterocycles. The number of carbonyl (C=O) groups is 2. The molecule has 374 valence electrons. The molecule has 0 radical (unpaired) electrons.